The van der Waals surface area contributed by atoms with Gasteiger partial charge in [0.15, 0.2) is 5.96 Å². The van der Waals surface area contributed by atoms with E-state index in [9.17, 15) is 0 Å². The van der Waals surface area contributed by atoms with Crippen molar-refractivity contribution in [2.45, 2.75) is 33.7 Å². The van der Waals surface area contributed by atoms with Gasteiger partial charge in [-0.3, -0.25) is 0 Å². The molecule has 0 aliphatic carbocycles. The molecule has 1 aromatic carbocycles. The van der Waals surface area contributed by atoms with Crippen LogP contribution in [0.3, 0.4) is 0 Å². The van der Waals surface area contributed by atoms with Crippen LogP contribution in [0.5, 0.6) is 0 Å². The lowest BCUT2D eigenvalue weighted by Crippen LogP contribution is -2.38. The number of nitrogens with one attached hydrogen (secondary N) is 2. The first-order valence-corrected chi connectivity index (χ1v) is 9.52. The van der Waals surface area contributed by atoms with Crippen LogP contribution >= 0.6 is 11.3 Å². The van der Waals surface area contributed by atoms with Crippen molar-refractivity contribution < 1.29 is 0 Å². The Kier molecular flexibility index (Phi) is 7.25. The van der Waals surface area contributed by atoms with Crippen molar-refractivity contribution in [2.75, 3.05) is 32.1 Å². The number of aryl methyl sites for hydroxylation is 2. The third-order valence-electron chi connectivity index (χ3n) is 3.92. The van der Waals surface area contributed by atoms with Gasteiger partial charge in [-0.05, 0) is 38.5 Å². The van der Waals surface area contributed by atoms with Crippen molar-refractivity contribution in [2.24, 2.45) is 4.99 Å². The number of rotatable bonds is 7. The lowest BCUT2D eigenvalue weighted by molar-refractivity contribution is 0.795. The monoisotopic (exact) mass is 359 g/mol. The summed E-state index contributed by atoms with van der Waals surface area (Å²) in [5, 5.41) is 7.87. The number of anilines is 1. The lowest BCUT2D eigenvalue weighted by Gasteiger charge is -2.13. The van der Waals surface area contributed by atoms with Gasteiger partial charge in [0, 0.05) is 44.2 Å². The number of hydrogen-bond acceptors (Lipinski definition) is 4. The summed E-state index contributed by atoms with van der Waals surface area (Å²) >= 11 is 1.78. The fourth-order valence-corrected chi connectivity index (χ4v) is 3.28. The zero-order valence-electron chi connectivity index (χ0n) is 15.9. The Morgan fingerprint density at radius 2 is 1.88 bits per heavy atom. The summed E-state index contributed by atoms with van der Waals surface area (Å²) < 4.78 is 0. The molecule has 25 heavy (non-hydrogen) atoms. The van der Waals surface area contributed by atoms with Gasteiger partial charge in [-0.25, -0.2) is 9.98 Å². The molecule has 0 aliphatic rings. The van der Waals surface area contributed by atoms with E-state index in [-0.39, 0.29) is 0 Å². The second kappa shape index (κ2) is 9.42. The Morgan fingerprint density at radius 1 is 1.16 bits per heavy atom. The molecule has 2 aromatic rings. The van der Waals surface area contributed by atoms with Crippen LogP contribution in [0.4, 0.5) is 5.69 Å². The molecule has 6 heteroatoms. The molecule has 0 radical (unpaired) electrons. The van der Waals surface area contributed by atoms with E-state index in [4.69, 9.17) is 0 Å². The zero-order chi connectivity index (χ0) is 18.2. The molecule has 0 spiro atoms. The van der Waals surface area contributed by atoms with Crippen LogP contribution < -0.4 is 15.5 Å². The lowest BCUT2D eigenvalue weighted by atomic mass is 10.2. The van der Waals surface area contributed by atoms with E-state index < -0.39 is 0 Å². The number of thiazole rings is 1. The fraction of sp³-hybridized carbons (Fsp3) is 0.474. The minimum absolute atomic E-state index is 0.665. The van der Waals surface area contributed by atoms with E-state index in [2.05, 4.69) is 70.5 Å². The van der Waals surface area contributed by atoms with Gasteiger partial charge in [0.25, 0.3) is 0 Å². The number of aromatic nitrogens is 1. The van der Waals surface area contributed by atoms with E-state index in [1.807, 2.05) is 14.1 Å². The first-order valence-electron chi connectivity index (χ1n) is 8.71. The van der Waals surface area contributed by atoms with E-state index >= 15 is 0 Å². The number of benzene rings is 1. The fourth-order valence-electron chi connectivity index (χ4n) is 2.35. The van der Waals surface area contributed by atoms with E-state index in [0.717, 1.165) is 31.2 Å². The van der Waals surface area contributed by atoms with Crippen LogP contribution in [0.1, 0.15) is 28.1 Å². The second-order valence-electron chi connectivity index (χ2n) is 6.18. The molecule has 2 rings (SSSR count). The predicted octanol–water partition coefficient (Wildman–Crippen LogP) is 3.12. The quantitative estimate of drug-likeness (QED) is 0.589. The number of nitrogens with zero attached hydrogens (tertiary/aromatic N) is 3. The van der Waals surface area contributed by atoms with Gasteiger partial charge >= 0.3 is 0 Å². The molecule has 1 heterocycles. The Balaban J connectivity index is 1.88. The smallest absolute Gasteiger partial charge is 0.191 e. The van der Waals surface area contributed by atoms with Crippen molar-refractivity contribution in [3.63, 3.8) is 0 Å². The topological polar surface area (TPSA) is 52.6 Å². The largest absolute Gasteiger partial charge is 0.378 e. The van der Waals surface area contributed by atoms with Gasteiger partial charge in [0.2, 0.25) is 0 Å². The van der Waals surface area contributed by atoms with Crippen LogP contribution in [0.25, 0.3) is 0 Å². The summed E-state index contributed by atoms with van der Waals surface area (Å²) in [5.74, 6) is 0.851. The molecule has 0 amide bonds. The van der Waals surface area contributed by atoms with Crippen LogP contribution in [-0.4, -0.2) is 38.1 Å². The molecule has 0 saturated carbocycles. The van der Waals surface area contributed by atoms with Crippen molar-refractivity contribution >= 4 is 23.0 Å². The van der Waals surface area contributed by atoms with Crippen molar-refractivity contribution in [1.29, 1.82) is 0 Å². The first kappa shape index (κ1) is 19.2. The van der Waals surface area contributed by atoms with Gasteiger partial charge in [0.05, 0.1) is 17.2 Å². The van der Waals surface area contributed by atoms with Gasteiger partial charge in [0.1, 0.15) is 0 Å². The van der Waals surface area contributed by atoms with Crippen molar-refractivity contribution in [1.82, 2.24) is 15.6 Å². The molecule has 0 bridgehead atoms. The zero-order valence-corrected chi connectivity index (χ0v) is 16.7. The summed E-state index contributed by atoms with van der Waals surface area (Å²) in [6.45, 7) is 8.61. The second-order valence-corrected chi connectivity index (χ2v) is 7.47. The van der Waals surface area contributed by atoms with E-state index in [0.29, 0.717) is 6.54 Å². The average Bonchev–Trinajstić information content (AvgIpc) is 2.91. The predicted molar refractivity (Wildman–Crippen MR) is 109 cm³/mol. The molecular weight excluding hydrogens is 330 g/mol. The Bertz CT molecular complexity index is 669. The molecule has 1 aromatic heterocycles. The SMILES string of the molecule is CCNC(=NCc1ccc(N(C)C)cc1)NCCc1nc(C)c(C)s1. The number of hydrogen-bond donors (Lipinski definition) is 2. The van der Waals surface area contributed by atoms with Crippen LogP contribution in [0, 0.1) is 13.8 Å². The molecule has 5 nitrogen and oxygen atoms in total. The highest BCUT2D eigenvalue weighted by Crippen LogP contribution is 2.16. The Hall–Kier alpha value is -2.08. The third kappa shape index (κ3) is 6.05. The summed E-state index contributed by atoms with van der Waals surface area (Å²) in [6, 6.07) is 8.50. The minimum atomic E-state index is 0.665. The van der Waals surface area contributed by atoms with Gasteiger partial charge < -0.3 is 15.5 Å². The Morgan fingerprint density at radius 3 is 2.44 bits per heavy atom. The van der Waals surface area contributed by atoms with Gasteiger partial charge in [-0.15, -0.1) is 11.3 Å². The maximum absolute atomic E-state index is 4.68. The van der Waals surface area contributed by atoms with Crippen LogP contribution in [-0.2, 0) is 13.0 Å². The molecule has 0 unspecified atom stereocenters. The minimum Gasteiger partial charge on any atom is -0.378 e. The van der Waals surface area contributed by atoms with E-state index in [1.165, 1.54) is 21.1 Å². The molecule has 0 aliphatic heterocycles. The maximum atomic E-state index is 4.68. The average molecular weight is 360 g/mol. The Labute approximate surface area is 155 Å². The van der Waals surface area contributed by atoms with Gasteiger partial charge in [-0.2, -0.15) is 0 Å². The van der Waals surface area contributed by atoms with Crippen molar-refractivity contribution in [3.05, 3.63) is 45.4 Å². The summed E-state index contributed by atoms with van der Waals surface area (Å²) in [6.07, 6.45) is 0.918. The third-order valence-corrected chi connectivity index (χ3v) is 5.05. The number of guanidine groups is 1. The van der Waals surface area contributed by atoms with Crippen LogP contribution in [0.2, 0.25) is 0 Å². The van der Waals surface area contributed by atoms with Gasteiger partial charge in [-0.1, -0.05) is 12.1 Å². The standard InChI is InChI=1S/C19H29N5S/c1-6-20-19(21-12-11-18-23-14(2)15(3)25-18)22-13-16-7-9-17(10-8-16)24(4)5/h7-10H,6,11-13H2,1-5H3,(H2,20,21,22). The van der Waals surface area contributed by atoms with Crippen molar-refractivity contribution in [3.8, 4) is 0 Å². The normalized spacial score (nSPS) is 11.5. The van der Waals surface area contributed by atoms with Crippen LogP contribution in [0.15, 0.2) is 29.3 Å². The highest BCUT2D eigenvalue weighted by molar-refractivity contribution is 7.11. The maximum Gasteiger partial charge on any atom is 0.191 e. The highest BCUT2D eigenvalue weighted by Gasteiger charge is 2.04. The summed E-state index contributed by atoms with van der Waals surface area (Å²) in [4.78, 5) is 12.7. The molecule has 0 saturated heterocycles. The van der Waals surface area contributed by atoms with E-state index in [1.54, 1.807) is 11.3 Å². The summed E-state index contributed by atoms with van der Waals surface area (Å²) in [5.41, 5.74) is 3.54. The molecule has 0 atom stereocenters. The first-order chi connectivity index (χ1) is 12.0. The summed E-state index contributed by atoms with van der Waals surface area (Å²) in [7, 11) is 4.09. The molecule has 2 N–H and O–H groups in total. The molecule has 136 valence electrons. The number of aliphatic imine (C=N–C) groups is 1. The molecular formula is C19H29N5S. The molecule has 0 fully saturated rings. The highest BCUT2D eigenvalue weighted by atomic mass is 32.1.